The van der Waals surface area contributed by atoms with Crippen molar-refractivity contribution in [1.82, 2.24) is 0 Å². The second-order valence-electron chi connectivity index (χ2n) is 1.87. The van der Waals surface area contributed by atoms with Crippen LogP contribution in [0.3, 0.4) is 0 Å². The normalized spacial score (nSPS) is 15.9. The van der Waals surface area contributed by atoms with Crippen molar-refractivity contribution in [3.63, 3.8) is 0 Å². The summed E-state index contributed by atoms with van der Waals surface area (Å²) < 4.78 is 69.9. The molecule has 0 saturated heterocycles. The number of alkyl halides is 5. The van der Waals surface area contributed by atoms with Crippen molar-refractivity contribution in [2.24, 2.45) is 0 Å². The summed E-state index contributed by atoms with van der Waals surface area (Å²) in [6, 6.07) is 0. The highest BCUT2D eigenvalue weighted by molar-refractivity contribution is 4.56. The molecule has 0 heterocycles. The molecule has 0 saturated carbocycles. The van der Waals surface area contributed by atoms with Crippen LogP contribution < -0.4 is 0 Å². The van der Waals surface area contributed by atoms with Gasteiger partial charge in [-0.05, 0) is 0 Å². The first-order chi connectivity index (χ1) is 5.75. The van der Waals surface area contributed by atoms with Crippen LogP contribution in [-0.4, -0.2) is 33.0 Å². The van der Waals surface area contributed by atoms with Gasteiger partial charge >= 0.3 is 12.4 Å². The van der Waals surface area contributed by atoms with Crippen LogP contribution >= 0.6 is 0 Å². The maximum atomic E-state index is 12.2. The largest absolute Gasteiger partial charge is 0.488 e. The third kappa shape index (κ3) is 3.83. The van der Waals surface area contributed by atoms with E-state index in [1.165, 1.54) is 0 Å². The Morgan fingerprint density at radius 3 is 1.77 bits per heavy atom. The number of rotatable bonds is 5. The molecule has 3 nitrogen and oxygen atoms in total. The lowest BCUT2D eigenvalue weighted by Crippen LogP contribution is -2.40. The molecule has 0 aliphatic heterocycles. The van der Waals surface area contributed by atoms with Gasteiger partial charge in [0, 0.05) is 14.2 Å². The molecule has 80 valence electrons. The average molecular weight is 210 g/mol. The summed E-state index contributed by atoms with van der Waals surface area (Å²) in [6.45, 7) is 0. The Hall–Kier alpha value is -0.470. The van der Waals surface area contributed by atoms with Gasteiger partial charge in [0.15, 0.2) is 0 Å². The second-order valence-corrected chi connectivity index (χ2v) is 1.87. The molecular formula is C5H7F5O3. The van der Waals surface area contributed by atoms with E-state index in [1.807, 2.05) is 0 Å². The molecule has 0 N–H and O–H groups in total. The van der Waals surface area contributed by atoms with E-state index in [0.29, 0.717) is 14.2 Å². The molecule has 8 heteroatoms. The first kappa shape index (κ1) is 12.5. The van der Waals surface area contributed by atoms with Gasteiger partial charge in [-0.1, -0.05) is 0 Å². The topological polar surface area (TPSA) is 27.7 Å². The zero-order valence-electron chi connectivity index (χ0n) is 6.69. The van der Waals surface area contributed by atoms with Crippen molar-refractivity contribution in [3.8, 4) is 0 Å². The van der Waals surface area contributed by atoms with Crippen molar-refractivity contribution in [2.45, 2.75) is 18.8 Å². The quantitative estimate of drug-likeness (QED) is 0.511. The Bertz CT molecular complexity index is 162. The number of halogens is 5. The highest BCUT2D eigenvalue weighted by Gasteiger charge is 2.48. The third-order valence-corrected chi connectivity index (χ3v) is 1.01. The van der Waals surface area contributed by atoms with E-state index >= 15 is 0 Å². The minimum atomic E-state index is -4.44. The van der Waals surface area contributed by atoms with Crippen molar-refractivity contribution in [1.29, 1.82) is 0 Å². The Morgan fingerprint density at radius 1 is 1.00 bits per heavy atom. The lowest BCUT2D eigenvalue weighted by Gasteiger charge is -2.22. The first-order valence-electron chi connectivity index (χ1n) is 2.93. The number of hydrogen-bond donors (Lipinski definition) is 0. The molecule has 1 unspecified atom stereocenters. The van der Waals surface area contributed by atoms with E-state index in [2.05, 4.69) is 14.2 Å². The summed E-state index contributed by atoms with van der Waals surface area (Å²) in [6.07, 6.45) is -12.5. The number of methoxy groups -OCH3 is 2. The highest BCUT2D eigenvalue weighted by Crippen LogP contribution is 2.28. The van der Waals surface area contributed by atoms with Gasteiger partial charge in [-0.25, -0.2) is 4.39 Å². The van der Waals surface area contributed by atoms with Gasteiger partial charge in [0.05, 0.1) is 0 Å². The van der Waals surface area contributed by atoms with Gasteiger partial charge < -0.3 is 4.74 Å². The number of hydrogen-bond acceptors (Lipinski definition) is 3. The van der Waals surface area contributed by atoms with Crippen LogP contribution in [0.25, 0.3) is 0 Å². The smallest absolute Gasteiger partial charge is 0.320 e. The zero-order valence-corrected chi connectivity index (χ0v) is 6.69. The molecule has 0 radical (unpaired) electrons. The standard InChI is InChI=1S/C5H7F5O3/c1-11-4(7,8)3(6)13-5(9,10)12-2/h3H,1-2H3. The predicted molar refractivity (Wildman–Crippen MR) is 29.9 cm³/mol. The van der Waals surface area contributed by atoms with Gasteiger partial charge in [0.25, 0.3) is 6.36 Å². The van der Waals surface area contributed by atoms with Gasteiger partial charge in [-0.3, -0.25) is 9.47 Å². The number of ether oxygens (including phenoxy) is 3. The molecule has 0 aromatic rings. The van der Waals surface area contributed by atoms with Gasteiger partial charge in [-0.2, -0.15) is 8.78 Å². The van der Waals surface area contributed by atoms with E-state index in [0.717, 1.165) is 0 Å². The second kappa shape index (κ2) is 4.16. The van der Waals surface area contributed by atoms with Crippen LogP contribution in [0.5, 0.6) is 0 Å². The van der Waals surface area contributed by atoms with E-state index in [9.17, 15) is 22.0 Å². The molecule has 0 aromatic heterocycles. The highest BCUT2D eigenvalue weighted by atomic mass is 19.3. The van der Waals surface area contributed by atoms with Crippen LogP contribution in [0.2, 0.25) is 0 Å². The molecule has 0 aliphatic rings. The van der Waals surface area contributed by atoms with Crippen molar-refractivity contribution in [2.75, 3.05) is 14.2 Å². The molecule has 0 rings (SSSR count). The molecule has 0 aromatic carbocycles. The summed E-state index contributed by atoms with van der Waals surface area (Å²) in [5, 5.41) is 0. The minimum absolute atomic E-state index is 0.445. The zero-order chi connectivity index (χ0) is 10.7. The molecule has 1 atom stereocenters. The fourth-order valence-corrected chi connectivity index (χ4v) is 0.330. The molecule has 0 spiro atoms. The van der Waals surface area contributed by atoms with E-state index in [1.54, 1.807) is 0 Å². The van der Waals surface area contributed by atoms with Crippen molar-refractivity contribution in [3.05, 3.63) is 0 Å². The van der Waals surface area contributed by atoms with Crippen LogP contribution in [0, 0.1) is 0 Å². The first-order valence-corrected chi connectivity index (χ1v) is 2.93. The SMILES string of the molecule is COC(F)(F)OC(F)C(F)(F)OC. The minimum Gasteiger partial charge on any atom is -0.320 e. The molecule has 0 amide bonds. The van der Waals surface area contributed by atoms with Crippen LogP contribution in [0.4, 0.5) is 22.0 Å². The maximum Gasteiger partial charge on any atom is 0.488 e. The Labute approximate surface area is 70.4 Å². The van der Waals surface area contributed by atoms with Gasteiger partial charge in [0.1, 0.15) is 0 Å². The van der Waals surface area contributed by atoms with Gasteiger partial charge in [0.2, 0.25) is 0 Å². The lowest BCUT2D eigenvalue weighted by molar-refractivity contribution is -0.451. The van der Waals surface area contributed by atoms with Crippen molar-refractivity contribution >= 4 is 0 Å². The van der Waals surface area contributed by atoms with Crippen LogP contribution in [-0.2, 0) is 14.2 Å². The summed E-state index contributed by atoms with van der Waals surface area (Å²) in [5.41, 5.74) is 0. The third-order valence-electron chi connectivity index (χ3n) is 1.01. The summed E-state index contributed by atoms with van der Waals surface area (Å²) in [4.78, 5) is 0. The fourth-order valence-electron chi connectivity index (χ4n) is 0.330. The van der Waals surface area contributed by atoms with E-state index < -0.39 is 18.8 Å². The van der Waals surface area contributed by atoms with E-state index in [-0.39, 0.29) is 0 Å². The van der Waals surface area contributed by atoms with Crippen molar-refractivity contribution < 1.29 is 36.2 Å². The lowest BCUT2D eigenvalue weighted by atomic mass is 10.6. The molecule has 13 heavy (non-hydrogen) atoms. The van der Waals surface area contributed by atoms with E-state index in [4.69, 9.17) is 0 Å². The molecule has 0 bridgehead atoms. The monoisotopic (exact) mass is 210 g/mol. The summed E-state index contributed by atoms with van der Waals surface area (Å²) in [5.74, 6) is 0. The summed E-state index contributed by atoms with van der Waals surface area (Å²) >= 11 is 0. The molecule has 0 fully saturated rings. The molecule has 0 aliphatic carbocycles. The maximum absolute atomic E-state index is 12.2. The Balaban J connectivity index is 4.22. The summed E-state index contributed by atoms with van der Waals surface area (Å²) in [7, 11) is 0.915. The Morgan fingerprint density at radius 2 is 1.46 bits per heavy atom. The van der Waals surface area contributed by atoms with Crippen LogP contribution in [0.1, 0.15) is 0 Å². The predicted octanol–water partition coefficient (Wildman–Crippen LogP) is 1.73. The average Bonchev–Trinajstić information content (AvgIpc) is 2.04. The molecular weight excluding hydrogens is 203 g/mol. The van der Waals surface area contributed by atoms with Crippen LogP contribution in [0.15, 0.2) is 0 Å². The fraction of sp³-hybridized carbons (Fsp3) is 1.00. The van der Waals surface area contributed by atoms with Gasteiger partial charge in [-0.15, -0.1) is 8.78 Å². The Kier molecular flexibility index (Phi) is 4.01.